The Morgan fingerprint density at radius 1 is 0.678 bits per heavy atom. The zero-order chi connectivity index (χ0) is 40.9. The highest BCUT2D eigenvalue weighted by molar-refractivity contribution is 5.85. The van der Waals surface area contributed by atoms with Gasteiger partial charge in [0.2, 0.25) is 17.8 Å². The summed E-state index contributed by atoms with van der Waals surface area (Å²) in [6, 6.07) is 27.9. The van der Waals surface area contributed by atoms with Crippen molar-refractivity contribution in [1.29, 1.82) is 0 Å². The van der Waals surface area contributed by atoms with E-state index in [9.17, 15) is 9.59 Å². The summed E-state index contributed by atoms with van der Waals surface area (Å²) in [6.07, 6.45) is 10.7. The van der Waals surface area contributed by atoms with Gasteiger partial charge in [0.15, 0.2) is 0 Å². The second-order valence-electron chi connectivity index (χ2n) is 15.9. The van der Waals surface area contributed by atoms with Crippen LogP contribution in [0.5, 0.6) is 0 Å². The number of likely N-dealkylation sites (N-methyl/N-ethyl adjacent to an activating group) is 1. The predicted molar refractivity (Wildman–Crippen MR) is 231 cm³/mol. The fraction of sp³-hybridized carbons (Fsp3) is 0.362. The molecule has 12 heteroatoms. The van der Waals surface area contributed by atoms with Crippen molar-refractivity contribution in [1.82, 2.24) is 44.6 Å². The van der Waals surface area contributed by atoms with E-state index in [0.29, 0.717) is 12.5 Å². The van der Waals surface area contributed by atoms with E-state index in [1.54, 1.807) is 18.5 Å². The molecule has 0 unspecified atom stereocenters. The minimum absolute atomic E-state index is 0.0341. The van der Waals surface area contributed by atoms with Crippen LogP contribution in [-0.2, 0) is 9.59 Å². The summed E-state index contributed by atoms with van der Waals surface area (Å²) in [5, 5.41) is 3.26. The lowest BCUT2D eigenvalue weighted by Crippen LogP contribution is -2.45. The molecule has 3 aromatic carbocycles. The summed E-state index contributed by atoms with van der Waals surface area (Å²) >= 11 is 0. The third-order valence-electron chi connectivity index (χ3n) is 11.9. The number of aromatic nitrogens is 6. The summed E-state index contributed by atoms with van der Waals surface area (Å²) in [5.74, 6) is 2.31. The van der Waals surface area contributed by atoms with Crippen molar-refractivity contribution in [3.05, 3.63) is 127 Å². The molecule has 2 saturated heterocycles. The first-order chi connectivity index (χ1) is 28.8. The standard InChI is InChI=1S/C47H54N10O2/c1-5-55(6-2)42(36-13-8-7-9-14-36)46(59)57-28-11-16-40(57)44-51-30-38(53-44)35-23-19-33(20-24-35)32-17-21-34(22-18-32)37-29-50-43(52-37)39-15-10-27-56(39)45(58)41(31(3)4)54-47-48-25-12-26-49-47/h7-9,12-14,17-26,29-31,39-42H,5-6,10-11,15-16,27-28H2,1-4H3,(H,50,52)(H,51,53)(H,48,49,54)/t39-,40-,41-,42+/m0/s1. The molecule has 304 valence electrons. The van der Waals surface area contributed by atoms with Crippen LogP contribution in [-0.4, -0.2) is 88.6 Å². The number of hydrogen-bond acceptors (Lipinski definition) is 8. The number of rotatable bonds is 14. The lowest BCUT2D eigenvalue weighted by Gasteiger charge is -2.34. The fourth-order valence-corrected chi connectivity index (χ4v) is 8.72. The first-order valence-corrected chi connectivity index (χ1v) is 21.1. The molecule has 8 rings (SSSR count). The molecule has 0 saturated carbocycles. The molecule has 2 aliphatic rings. The molecule has 12 nitrogen and oxygen atoms in total. The van der Waals surface area contributed by atoms with Crippen LogP contribution in [0.2, 0.25) is 0 Å². The van der Waals surface area contributed by atoms with Gasteiger partial charge < -0.3 is 25.1 Å². The summed E-state index contributed by atoms with van der Waals surface area (Å²) < 4.78 is 0. The molecule has 0 aliphatic carbocycles. The summed E-state index contributed by atoms with van der Waals surface area (Å²) in [5.41, 5.74) is 7.16. The van der Waals surface area contributed by atoms with E-state index in [1.165, 1.54) is 0 Å². The minimum atomic E-state index is -0.442. The average molecular weight is 791 g/mol. The van der Waals surface area contributed by atoms with Crippen molar-refractivity contribution in [2.24, 2.45) is 5.92 Å². The summed E-state index contributed by atoms with van der Waals surface area (Å²) in [4.78, 5) is 59.5. The van der Waals surface area contributed by atoms with Gasteiger partial charge in [-0.3, -0.25) is 14.5 Å². The minimum Gasteiger partial charge on any atom is -0.342 e. The zero-order valence-corrected chi connectivity index (χ0v) is 34.4. The number of amides is 2. The molecule has 6 aromatic rings. The van der Waals surface area contributed by atoms with Gasteiger partial charge in [0, 0.05) is 25.5 Å². The monoisotopic (exact) mass is 790 g/mol. The summed E-state index contributed by atoms with van der Waals surface area (Å²) in [6.45, 7) is 11.3. The highest BCUT2D eigenvalue weighted by Gasteiger charge is 2.39. The van der Waals surface area contributed by atoms with Crippen molar-refractivity contribution >= 4 is 17.8 Å². The molecule has 3 aromatic heterocycles. The molecule has 59 heavy (non-hydrogen) atoms. The Labute approximate surface area is 346 Å². The van der Waals surface area contributed by atoms with Crippen LogP contribution < -0.4 is 5.32 Å². The van der Waals surface area contributed by atoms with Crippen molar-refractivity contribution in [2.75, 3.05) is 31.5 Å². The van der Waals surface area contributed by atoms with Gasteiger partial charge in [-0.05, 0) is 78.6 Å². The van der Waals surface area contributed by atoms with Gasteiger partial charge in [-0.15, -0.1) is 0 Å². The molecular formula is C47H54N10O2. The van der Waals surface area contributed by atoms with E-state index >= 15 is 0 Å². The number of nitrogens with one attached hydrogen (secondary N) is 3. The second kappa shape index (κ2) is 17.8. The maximum atomic E-state index is 14.2. The molecule has 0 spiro atoms. The fourth-order valence-electron chi connectivity index (χ4n) is 8.72. The second-order valence-corrected chi connectivity index (χ2v) is 15.9. The van der Waals surface area contributed by atoms with Gasteiger partial charge in [-0.1, -0.05) is 107 Å². The number of aromatic amines is 2. The Morgan fingerprint density at radius 2 is 1.17 bits per heavy atom. The highest BCUT2D eigenvalue weighted by Crippen LogP contribution is 2.37. The average Bonchev–Trinajstić information content (AvgIpc) is 4.12. The normalized spacial score (nSPS) is 17.8. The Balaban J connectivity index is 0.924. The van der Waals surface area contributed by atoms with Crippen molar-refractivity contribution in [3.8, 4) is 33.6 Å². The van der Waals surface area contributed by atoms with Gasteiger partial charge in [-0.25, -0.2) is 19.9 Å². The van der Waals surface area contributed by atoms with E-state index in [4.69, 9.17) is 9.97 Å². The number of carbonyl (C=O) groups excluding carboxylic acids is 2. The Hall–Kier alpha value is -6.14. The van der Waals surface area contributed by atoms with Crippen LogP contribution >= 0.6 is 0 Å². The van der Waals surface area contributed by atoms with Crippen molar-refractivity contribution in [2.45, 2.75) is 77.5 Å². The number of nitrogens with zero attached hydrogens (tertiary/aromatic N) is 7. The number of carbonyl (C=O) groups is 2. The molecule has 4 atom stereocenters. The number of anilines is 1. The van der Waals surface area contributed by atoms with Crippen LogP contribution in [0.15, 0.2) is 110 Å². The third-order valence-corrected chi connectivity index (χ3v) is 11.9. The lowest BCUT2D eigenvalue weighted by molar-refractivity contribution is -0.138. The number of benzene rings is 3. The van der Waals surface area contributed by atoms with Crippen LogP contribution in [0.1, 0.15) is 88.7 Å². The topological polar surface area (TPSA) is 139 Å². The zero-order valence-electron chi connectivity index (χ0n) is 34.4. The predicted octanol–water partition coefficient (Wildman–Crippen LogP) is 8.47. The first kappa shape index (κ1) is 39.7. The van der Waals surface area contributed by atoms with Gasteiger partial charge in [-0.2, -0.15) is 0 Å². The van der Waals surface area contributed by atoms with Gasteiger partial charge in [0.05, 0.1) is 35.9 Å². The highest BCUT2D eigenvalue weighted by atomic mass is 16.2. The van der Waals surface area contributed by atoms with Crippen LogP contribution in [0.3, 0.4) is 0 Å². The van der Waals surface area contributed by atoms with E-state index in [2.05, 4.69) is 105 Å². The Morgan fingerprint density at radius 3 is 1.66 bits per heavy atom. The van der Waals surface area contributed by atoms with E-state index in [1.807, 2.05) is 54.2 Å². The van der Waals surface area contributed by atoms with Crippen LogP contribution in [0.4, 0.5) is 5.95 Å². The molecule has 0 bridgehead atoms. The van der Waals surface area contributed by atoms with Crippen molar-refractivity contribution in [3.63, 3.8) is 0 Å². The third kappa shape index (κ3) is 8.40. The number of imidazole rings is 2. The molecule has 5 heterocycles. The molecular weight excluding hydrogens is 737 g/mol. The Bertz CT molecular complexity index is 2300. The SMILES string of the molecule is CCN(CC)[C@@H](C(=O)N1CCC[C@H]1c1ncc(-c2ccc(-c3ccc(-c4cnc([C@@H]5CCCN5C(=O)[C@@H](Nc5ncccn5)C(C)C)[nH]4)cc3)cc2)[nH]1)c1ccccc1. The van der Waals surface area contributed by atoms with Crippen molar-refractivity contribution < 1.29 is 9.59 Å². The molecule has 2 aliphatic heterocycles. The number of hydrogen-bond donors (Lipinski definition) is 3. The molecule has 3 N–H and O–H groups in total. The van der Waals surface area contributed by atoms with E-state index < -0.39 is 6.04 Å². The van der Waals surface area contributed by atoms with E-state index in [0.717, 1.165) is 96.2 Å². The summed E-state index contributed by atoms with van der Waals surface area (Å²) in [7, 11) is 0. The maximum Gasteiger partial charge on any atom is 0.246 e. The van der Waals surface area contributed by atoms with Gasteiger partial charge in [0.1, 0.15) is 23.7 Å². The maximum absolute atomic E-state index is 14.2. The van der Waals surface area contributed by atoms with Crippen LogP contribution in [0.25, 0.3) is 33.6 Å². The lowest BCUT2D eigenvalue weighted by atomic mass is 10.0. The molecule has 0 radical (unpaired) electrons. The Kier molecular flexibility index (Phi) is 12.0. The largest absolute Gasteiger partial charge is 0.342 e. The van der Waals surface area contributed by atoms with E-state index in [-0.39, 0.29) is 35.9 Å². The quantitative estimate of drug-likeness (QED) is 0.0999. The van der Waals surface area contributed by atoms with Gasteiger partial charge in [0.25, 0.3) is 0 Å². The van der Waals surface area contributed by atoms with Gasteiger partial charge >= 0.3 is 0 Å². The molecule has 2 amide bonds. The smallest absolute Gasteiger partial charge is 0.246 e. The number of likely N-dealkylation sites (tertiary alicyclic amines) is 2. The number of H-pyrrole nitrogens is 2. The van der Waals surface area contributed by atoms with Crippen LogP contribution in [0, 0.1) is 5.92 Å². The first-order valence-electron chi connectivity index (χ1n) is 21.1. The molecule has 2 fully saturated rings.